The lowest BCUT2D eigenvalue weighted by molar-refractivity contribution is 0.228. The number of benzene rings is 2. The largest absolute Gasteiger partial charge is 0.467 e. The third kappa shape index (κ3) is 2.82. The first-order valence-electron chi connectivity index (χ1n) is 7.71. The van der Waals surface area contributed by atoms with E-state index < -0.39 is 0 Å². The van der Waals surface area contributed by atoms with Gasteiger partial charge in [-0.15, -0.1) is 0 Å². The number of rotatable bonds is 4. The summed E-state index contributed by atoms with van der Waals surface area (Å²) in [5.41, 5.74) is 3.13. The molecule has 0 unspecified atom stereocenters. The van der Waals surface area contributed by atoms with E-state index in [4.69, 9.17) is 9.73 Å². The number of hydrogen-bond acceptors (Lipinski definition) is 2. The summed E-state index contributed by atoms with van der Waals surface area (Å²) in [6, 6.07) is 20.4. The zero-order valence-electron chi connectivity index (χ0n) is 13.1. The molecule has 2 heteroatoms. The molecule has 2 atom stereocenters. The molecule has 0 N–H and O–H groups in total. The van der Waals surface area contributed by atoms with Gasteiger partial charge in [-0.3, -0.25) is 0 Å². The van der Waals surface area contributed by atoms with Crippen LogP contribution in [0.4, 0.5) is 0 Å². The molecule has 1 aliphatic rings. The maximum absolute atomic E-state index is 6.19. The van der Waals surface area contributed by atoms with E-state index in [2.05, 4.69) is 32.6 Å². The number of hydrogen-bond donors (Lipinski definition) is 0. The maximum Gasteiger partial charge on any atom is 0.217 e. The van der Waals surface area contributed by atoms with Gasteiger partial charge in [0.1, 0.15) is 6.10 Å². The Kier molecular flexibility index (Phi) is 4.10. The first-order chi connectivity index (χ1) is 10.7. The fraction of sp³-hybridized carbons (Fsp3) is 0.250. The zero-order chi connectivity index (χ0) is 15.5. The van der Waals surface area contributed by atoms with Crippen LogP contribution in [-0.4, -0.2) is 18.0 Å². The molecule has 0 saturated carbocycles. The standard InChI is InChI=1S/C20H21NO/c1-14(2)18-19(15(3)16-10-6-4-7-11-16)22-20(21-18)17-12-8-5-9-13-17/h4-14,18-19H,3H2,1-2H3/t18-,19-/m0/s1. The Morgan fingerprint density at radius 2 is 1.59 bits per heavy atom. The van der Waals surface area contributed by atoms with E-state index in [1.165, 1.54) is 0 Å². The van der Waals surface area contributed by atoms with Crippen LogP contribution in [-0.2, 0) is 4.74 Å². The van der Waals surface area contributed by atoms with Gasteiger partial charge in [0.2, 0.25) is 5.90 Å². The Hall–Kier alpha value is -2.35. The molecule has 0 saturated heterocycles. The second-order valence-electron chi connectivity index (χ2n) is 5.96. The summed E-state index contributed by atoms with van der Waals surface area (Å²) < 4.78 is 6.19. The van der Waals surface area contributed by atoms with Crippen molar-refractivity contribution in [2.45, 2.75) is 26.0 Å². The van der Waals surface area contributed by atoms with Crippen molar-refractivity contribution in [1.82, 2.24) is 0 Å². The molecule has 0 amide bonds. The van der Waals surface area contributed by atoms with Gasteiger partial charge in [0, 0.05) is 5.56 Å². The maximum atomic E-state index is 6.19. The summed E-state index contributed by atoms with van der Waals surface area (Å²) in [7, 11) is 0. The van der Waals surface area contributed by atoms with Gasteiger partial charge in [0.05, 0.1) is 6.04 Å². The molecule has 0 fully saturated rings. The Bertz CT molecular complexity index is 673. The second kappa shape index (κ2) is 6.18. The van der Waals surface area contributed by atoms with Gasteiger partial charge in [-0.2, -0.15) is 0 Å². The highest BCUT2D eigenvalue weighted by atomic mass is 16.5. The van der Waals surface area contributed by atoms with E-state index in [1.54, 1.807) is 0 Å². The fourth-order valence-electron chi connectivity index (χ4n) is 2.74. The average molecular weight is 291 g/mol. The van der Waals surface area contributed by atoms with E-state index in [1.807, 2.05) is 48.5 Å². The second-order valence-corrected chi connectivity index (χ2v) is 5.96. The third-order valence-electron chi connectivity index (χ3n) is 4.01. The summed E-state index contributed by atoms with van der Waals surface area (Å²) in [6.45, 7) is 8.62. The summed E-state index contributed by atoms with van der Waals surface area (Å²) in [5.74, 6) is 1.12. The minimum Gasteiger partial charge on any atom is -0.467 e. The van der Waals surface area contributed by atoms with E-state index >= 15 is 0 Å². The topological polar surface area (TPSA) is 21.6 Å². The molecule has 1 aliphatic heterocycles. The molecule has 2 aromatic rings. The third-order valence-corrected chi connectivity index (χ3v) is 4.01. The number of ether oxygens (including phenoxy) is 1. The van der Waals surface area contributed by atoms with Crippen molar-refractivity contribution in [3.63, 3.8) is 0 Å². The predicted molar refractivity (Wildman–Crippen MR) is 92.0 cm³/mol. The molecule has 0 aromatic heterocycles. The van der Waals surface area contributed by atoms with Crippen LogP contribution in [0.2, 0.25) is 0 Å². The van der Waals surface area contributed by atoms with Crippen LogP contribution in [0, 0.1) is 5.92 Å². The molecule has 22 heavy (non-hydrogen) atoms. The first-order valence-corrected chi connectivity index (χ1v) is 7.71. The molecule has 2 aromatic carbocycles. The van der Waals surface area contributed by atoms with Crippen LogP contribution >= 0.6 is 0 Å². The molecule has 0 spiro atoms. The van der Waals surface area contributed by atoms with Crippen LogP contribution < -0.4 is 0 Å². The van der Waals surface area contributed by atoms with Gasteiger partial charge in [-0.25, -0.2) is 4.99 Å². The van der Waals surface area contributed by atoms with Crippen LogP contribution in [0.5, 0.6) is 0 Å². The lowest BCUT2D eigenvalue weighted by Gasteiger charge is -2.22. The first kappa shape index (κ1) is 14.6. The van der Waals surface area contributed by atoms with Crippen LogP contribution in [0.15, 0.2) is 72.2 Å². The summed E-state index contributed by atoms with van der Waals surface area (Å²) in [6.07, 6.45) is -0.0994. The summed E-state index contributed by atoms with van der Waals surface area (Å²) >= 11 is 0. The Labute approximate surface area is 132 Å². The highest BCUT2D eigenvalue weighted by Crippen LogP contribution is 2.32. The predicted octanol–water partition coefficient (Wildman–Crippen LogP) is 4.57. The zero-order valence-corrected chi connectivity index (χ0v) is 13.1. The molecule has 0 bridgehead atoms. The average Bonchev–Trinajstić information content (AvgIpc) is 3.01. The van der Waals surface area contributed by atoms with Gasteiger partial charge in [0.15, 0.2) is 0 Å². The van der Waals surface area contributed by atoms with Crippen LogP contribution in [0.25, 0.3) is 5.57 Å². The summed E-state index contributed by atoms with van der Waals surface area (Å²) in [5, 5.41) is 0. The molecule has 112 valence electrons. The van der Waals surface area contributed by atoms with Crippen molar-refractivity contribution >= 4 is 11.5 Å². The van der Waals surface area contributed by atoms with Crippen molar-refractivity contribution in [2.24, 2.45) is 10.9 Å². The Morgan fingerprint density at radius 1 is 1.00 bits per heavy atom. The van der Waals surface area contributed by atoms with E-state index in [-0.39, 0.29) is 12.1 Å². The highest BCUT2D eigenvalue weighted by Gasteiger charge is 2.35. The van der Waals surface area contributed by atoms with Gasteiger partial charge in [0.25, 0.3) is 0 Å². The summed E-state index contributed by atoms with van der Waals surface area (Å²) in [4.78, 5) is 4.82. The lowest BCUT2D eigenvalue weighted by atomic mass is 9.91. The van der Waals surface area contributed by atoms with Crippen molar-refractivity contribution < 1.29 is 4.74 Å². The van der Waals surface area contributed by atoms with Gasteiger partial charge >= 0.3 is 0 Å². The van der Waals surface area contributed by atoms with E-state index in [0.717, 1.165) is 22.6 Å². The van der Waals surface area contributed by atoms with Crippen molar-refractivity contribution in [3.05, 3.63) is 78.4 Å². The smallest absolute Gasteiger partial charge is 0.217 e. The van der Waals surface area contributed by atoms with Gasteiger partial charge < -0.3 is 4.74 Å². The lowest BCUT2D eigenvalue weighted by Crippen LogP contribution is -2.28. The van der Waals surface area contributed by atoms with Gasteiger partial charge in [-0.1, -0.05) is 69.0 Å². The molecule has 0 radical (unpaired) electrons. The van der Waals surface area contributed by atoms with Crippen LogP contribution in [0.3, 0.4) is 0 Å². The van der Waals surface area contributed by atoms with Gasteiger partial charge in [-0.05, 0) is 29.2 Å². The molecule has 3 rings (SSSR count). The van der Waals surface area contributed by atoms with E-state index in [9.17, 15) is 0 Å². The normalized spacial score (nSPS) is 20.6. The highest BCUT2D eigenvalue weighted by molar-refractivity contribution is 5.96. The van der Waals surface area contributed by atoms with Crippen molar-refractivity contribution in [3.8, 4) is 0 Å². The van der Waals surface area contributed by atoms with Crippen molar-refractivity contribution in [2.75, 3.05) is 0 Å². The van der Waals surface area contributed by atoms with Crippen molar-refractivity contribution in [1.29, 1.82) is 0 Å². The Balaban J connectivity index is 1.89. The molecule has 2 nitrogen and oxygen atoms in total. The molecule has 0 aliphatic carbocycles. The quantitative estimate of drug-likeness (QED) is 0.808. The molecule has 1 heterocycles. The molecular weight excluding hydrogens is 270 g/mol. The van der Waals surface area contributed by atoms with E-state index in [0.29, 0.717) is 5.92 Å². The minimum atomic E-state index is -0.0994. The monoisotopic (exact) mass is 291 g/mol. The fourth-order valence-corrected chi connectivity index (χ4v) is 2.74. The Morgan fingerprint density at radius 3 is 2.18 bits per heavy atom. The minimum absolute atomic E-state index is 0.0994. The SMILES string of the molecule is C=C(c1ccccc1)[C@@H]1OC(c2ccccc2)=N[C@H]1C(C)C. The van der Waals surface area contributed by atoms with Crippen LogP contribution in [0.1, 0.15) is 25.0 Å². The number of aliphatic imine (C=N–C) groups is 1. The molecular formula is C20H21NO. The number of nitrogens with zero attached hydrogens (tertiary/aromatic N) is 1.